The van der Waals surface area contributed by atoms with Gasteiger partial charge in [-0.3, -0.25) is 11.3 Å². The zero-order chi connectivity index (χ0) is 11.3. The second-order valence-corrected chi connectivity index (χ2v) is 5.40. The Morgan fingerprint density at radius 1 is 1.67 bits per heavy atom. The molecular formula is C10H17BrN2OS. The van der Waals surface area contributed by atoms with Crippen LogP contribution < -0.4 is 11.3 Å². The third kappa shape index (κ3) is 4.20. The van der Waals surface area contributed by atoms with Crippen molar-refractivity contribution in [3.63, 3.8) is 0 Å². The number of methoxy groups -OCH3 is 1. The zero-order valence-corrected chi connectivity index (χ0v) is 11.4. The summed E-state index contributed by atoms with van der Waals surface area (Å²) in [7, 11) is 1.72. The van der Waals surface area contributed by atoms with Crippen LogP contribution in [0.1, 0.15) is 18.2 Å². The number of thiophene rings is 1. The SMILES string of the molecule is COC(C)CC(Cc1sccc1Br)NN. The molecule has 3 nitrogen and oxygen atoms in total. The van der Waals surface area contributed by atoms with Crippen LogP contribution in [0, 0.1) is 0 Å². The maximum absolute atomic E-state index is 5.53. The molecule has 3 N–H and O–H groups in total. The Hall–Kier alpha value is 0.0600. The predicted octanol–water partition coefficient (Wildman–Crippen LogP) is 2.31. The van der Waals surface area contributed by atoms with E-state index in [9.17, 15) is 0 Å². The fraction of sp³-hybridized carbons (Fsp3) is 0.600. The van der Waals surface area contributed by atoms with E-state index in [0.29, 0.717) is 0 Å². The minimum absolute atomic E-state index is 0.227. The van der Waals surface area contributed by atoms with Crippen LogP contribution in [-0.2, 0) is 11.2 Å². The van der Waals surface area contributed by atoms with Gasteiger partial charge in [0.25, 0.3) is 0 Å². The number of halogens is 1. The lowest BCUT2D eigenvalue weighted by atomic mass is 10.1. The van der Waals surface area contributed by atoms with Crippen LogP contribution in [0.15, 0.2) is 15.9 Å². The van der Waals surface area contributed by atoms with Gasteiger partial charge in [-0.1, -0.05) is 0 Å². The van der Waals surface area contributed by atoms with Crippen molar-refractivity contribution in [3.05, 3.63) is 20.8 Å². The number of ether oxygens (including phenoxy) is 1. The van der Waals surface area contributed by atoms with Crippen LogP contribution in [0.25, 0.3) is 0 Å². The van der Waals surface area contributed by atoms with E-state index in [0.717, 1.165) is 17.3 Å². The molecule has 2 atom stereocenters. The average Bonchev–Trinajstić information content (AvgIpc) is 2.63. The molecule has 1 heterocycles. The van der Waals surface area contributed by atoms with E-state index in [4.69, 9.17) is 10.6 Å². The average molecular weight is 293 g/mol. The monoisotopic (exact) mass is 292 g/mol. The minimum atomic E-state index is 0.227. The van der Waals surface area contributed by atoms with E-state index in [1.807, 2.05) is 6.92 Å². The summed E-state index contributed by atoms with van der Waals surface area (Å²) in [6, 6.07) is 2.32. The Bertz CT molecular complexity index is 293. The van der Waals surface area contributed by atoms with Gasteiger partial charge in [0, 0.05) is 22.5 Å². The molecule has 1 rings (SSSR count). The van der Waals surface area contributed by atoms with Crippen molar-refractivity contribution in [1.82, 2.24) is 5.43 Å². The van der Waals surface area contributed by atoms with Crippen LogP contribution in [0.3, 0.4) is 0 Å². The van der Waals surface area contributed by atoms with Crippen LogP contribution in [0.2, 0.25) is 0 Å². The quantitative estimate of drug-likeness (QED) is 0.625. The highest BCUT2D eigenvalue weighted by Gasteiger charge is 2.14. The second kappa shape index (κ2) is 6.60. The van der Waals surface area contributed by atoms with Crippen molar-refractivity contribution in [2.45, 2.75) is 31.9 Å². The molecular weight excluding hydrogens is 276 g/mol. The Kier molecular flexibility index (Phi) is 5.78. The van der Waals surface area contributed by atoms with Crippen molar-refractivity contribution in [3.8, 4) is 0 Å². The number of hydrogen-bond acceptors (Lipinski definition) is 4. The summed E-state index contributed by atoms with van der Waals surface area (Å²) in [5.41, 5.74) is 2.84. The van der Waals surface area contributed by atoms with Crippen molar-refractivity contribution < 1.29 is 4.74 Å². The van der Waals surface area contributed by atoms with Gasteiger partial charge >= 0.3 is 0 Å². The first-order chi connectivity index (χ1) is 7.17. The van der Waals surface area contributed by atoms with Crippen molar-refractivity contribution in [2.24, 2.45) is 5.84 Å². The van der Waals surface area contributed by atoms with Gasteiger partial charge in [-0.05, 0) is 47.1 Å². The highest BCUT2D eigenvalue weighted by Crippen LogP contribution is 2.24. The van der Waals surface area contributed by atoms with Gasteiger partial charge in [0.1, 0.15) is 0 Å². The number of hydrogen-bond donors (Lipinski definition) is 2. The summed E-state index contributed by atoms with van der Waals surface area (Å²) in [5.74, 6) is 5.53. The summed E-state index contributed by atoms with van der Waals surface area (Å²) in [6.07, 6.45) is 2.07. The van der Waals surface area contributed by atoms with Gasteiger partial charge in [0.05, 0.1) is 6.10 Å². The molecule has 0 saturated heterocycles. The Morgan fingerprint density at radius 3 is 2.87 bits per heavy atom. The number of hydrazine groups is 1. The molecule has 86 valence electrons. The summed E-state index contributed by atoms with van der Waals surface area (Å²) in [4.78, 5) is 1.32. The summed E-state index contributed by atoms with van der Waals surface area (Å²) < 4.78 is 6.39. The van der Waals surface area contributed by atoms with Crippen LogP contribution in [0.5, 0.6) is 0 Å². The molecule has 15 heavy (non-hydrogen) atoms. The molecule has 0 aliphatic rings. The number of nitrogens with two attached hydrogens (primary N) is 1. The molecule has 0 bridgehead atoms. The fourth-order valence-electron chi connectivity index (χ4n) is 1.40. The van der Waals surface area contributed by atoms with E-state index < -0.39 is 0 Å². The van der Waals surface area contributed by atoms with Crippen molar-refractivity contribution >= 4 is 27.3 Å². The van der Waals surface area contributed by atoms with Gasteiger partial charge in [-0.15, -0.1) is 11.3 Å². The number of nitrogens with one attached hydrogen (secondary N) is 1. The van der Waals surface area contributed by atoms with Gasteiger partial charge in [-0.2, -0.15) is 0 Å². The first kappa shape index (κ1) is 13.1. The Morgan fingerprint density at radius 2 is 2.40 bits per heavy atom. The molecule has 1 aromatic rings. The first-order valence-corrected chi connectivity index (χ1v) is 6.55. The summed E-state index contributed by atoms with van der Waals surface area (Å²) in [5, 5.41) is 2.08. The summed E-state index contributed by atoms with van der Waals surface area (Å²) in [6.45, 7) is 2.05. The maximum Gasteiger partial charge on any atom is 0.0558 e. The topological polar surface area (TPSA) is 47.3 Å². The van der Waals surface area contributed by atoms with Gasteiger partial charge in [0.2, 0.25) is 0 Å². The third-order valence-corrected chi connectivity index (χ3v) is 4.33. The number of rotatable bonds is 6. The molecule has 0 saturated carbocycles. The van der Waals surface area contributed by atoms with Crippen LogP contribution >= 0.6 is 27.3 Å². The standard InChI is InChI=1S/C10H17BrN2OS/c1-7(14-2)5-8(13-12)6-10-9(11)3-4-15-10/h3-4,7-8,13H,5-6,12H2,1-2H3. The van der Waals surface area contributed by atoms with Crippen molar-refractivity contribution in [1.29, 1.82) is 0 Å². The minimum Gasteiger partial charge on any atom is -0.382 e. The van der Waals surface area contributed by atoms with E-state index >= 15 is 0 Å². The zero-order valence-electron chi connectivity index (χ0n) is 9.00. The predicted molar refractivity (Wildman–Crippen MR) is 67.9 cm³/mol. The molecule has 0 amide bonds. The second-order valence-electron chi connectivity index (χ2n) is 3.54. The fourth-order valence-corrected chi connectivity index (χ4v) is 3.00. The first-order valence-electron chi connectivity index (χ1n) is 4.88. The van der Waals surface area contributed by atoms with E-state index in [-0.39, 0.29) is 12.1 Å². The molecule has 0 spiro atoms. The molecule has 0 aromatic carbocycles. The largest absolute Gasteiger partial charge is 0.382 e. The van der Waals surface area contributed by atoms with E-state index in [2.05, 4.69) is 32.8 Å². The van der Waals surface area contributed by atoms with E-state index in [1.54, 1.807) is 18.4 Å². The Labute approximate surface area is 103 Å². The smallest absolute Gasteiger partial charge is 0.0558 e. The third-order valence-electron chi connectivity index (χ3n) is 2.38. The molecule has 5 heteroatoms. The molecule has 2 unspecified atom stereocenters. The molecule has 0 radical (unpaired) electrons. The lowest BCUT2D eigenvalue weighted by Crippen LogP contribution is -2.39. The van der Waals surface area contributed by atoms with Gasteiger partial charge < -0.3 is 4.74 Å². The van der Waals surface area contributed by atoms with E-state index in [1.165, 1.54) is 4.88 Å². The normalized spacial score (nSPS) is 15.2. The maximum atomic E-state index is 5.53. The highest BCUT2D eigenvalue weighted by atomic mass is 79.9. The lowest BCUT2D eigenvalue weighted by Gasteiger charge is -2.18. The summed E-state index contributed by atoms with van der Waals surface area (Å²) >= 11 is 5.26. The van der Waals surface area contributed by atoms with Crippen LogP contribution in [0.4, 0.5) is 0 Å². The van der Waals surface area contributed by atoms with Crippen LogP contribution in [-0.4, -0.2) is 19.3 Å². The molecule has 0 aliphatic carbocycles. The van der Waals surface area contributed by atoms with Crippen molar-refractivity contribution in [2.75, 3.05) is 7.11 Å². The molecule has 1 aromatic heterocycles. The Balaban J connectivity index is 2.50. The molecule has 0 aliphatic heterocycles. The highest BCUT2D eigenvalue weighted by molar-refractivity contribution is 9.10. The van der Waals surface area contributed by atoms with Gasteiger partial charge in [0.15, 0.2) is 0 Å². The lowest BCUT2D eigenvalue weighted by molar-refractivity contribution is 0.100. The molecule has 0 fully saturated rings. The van der Waals surface area contributed by atoms with Gasteiger partial charge in [-0.25, -0.2) is 0 Å².